The first kappa shape index (κ1) is 17.5. The van der Waals surface area contributed by atoms with Crippen LogP contribution in [0.2, 0.25) is 0 Å². The lowest BCUT2D eigenvalue weighted by Crippen LogP contribution is -2.04. The van der Waals surface area contributed by atoms with E-state index in [1.54, 1.807) is 7.11 Å². The quantitative estimate of drug-likeness (QED) is 0.545. The number of carbonyl (C=O) groups is 1. The first-order chi connectivity index (χ1) is 11.7. The average molecular weight is 322 g/mol. The molecular formula is C21H22O3. The number of esters is 1. The highest BCUT2D eigenvalue weighted by Crippen LogP contribution is 2.17. The van der Waals surface area contributed by atoms with Crippen LogP contribution in [-0.2, 0) is 9.53 Å². The molecule has 0 spiro atoms. The zero-order valence-electron chi connectivity index (χ0n) is 14.1. The van der Waals surface area contributed by atoms with Crippen LogP contribution in [-0.4, -0.2) is 19.7 Å². The van der Waals surface area contributed by atoms with E-state index in [2.05, 4.69) is 0 Å². The van der Waals surface area contributed by atoms with Gasteiger partial charge in [-0.3, -0.25) is 4.79 Å². The highest BCUT2D eigenvalue weighted by molar-refractivity contribution is 5.77. The minimum absolute atomic E-state index is 0.227. The molecule has 24 heavy (non-hydrogen) atoms. The fourth-order valence-electron chi connectivity index (χ4n) is 2.22. The molecule has 2 aromatic carbocycles. The number of hydrogen-bond donors (Lipinski definition) is 0. The number of allylic oxidation sites excluding steroid dienone is 1. The lowest BCUT2D eigenvalue weighted by Gasteiger charge is -2.05. The first-order valence-electron chi connectivity index (χ1n) is 7.94. The Morgan fingerprint density at radius 3 is 2.33 bits per heavy atom. The van der Waals surface area contributed by atoms with E-state index in [-0.39, 0.29) is 12.4 Å². The molecule has 0 saturated carbocycles. The molecule has 124 valence electrons. The summed E-state index contributed by atoms with van der Waals surface area (Å²) >= 11 is 0. The second-order valence-electron chi connectivity index (χ2n) is 5.22. The van der Waals surface area contributed by atoms with E-state index in [9.17, 15) is 4.79 Å². The Kier molecular flexibility index (Phi) is 6.84. The molecule has 0 unspecified atom stereocenters. The van der Waals surface area contributed by atoms with Crippen molar-refractivity contribution in [2.24, 2.45) is 0 Å². The topological polar surface area (TPSA) is 35.5 Å². The Labute approximate surface area is 143 Å². The molecule has 0 amide bonds. The van der Waals surface area contributed by atoms with Crippen molar-refractivity contribution in [3.8, 4) is 5.75 Å². The molecule has 0 aliphatic carbocycles. The Hall–Kier alpha value is -2.81. The van der Waals surface area contributed by atoms with Gasteiger partial charge in [0.15, 0.2) is 0 Å². The molecular weight excluding hydrogens is 300 g/mol. The van der Waals surface area contributed by atoms with Gasteiger partial charge in [-0.2, -0.15) is 0 Å². The third-order valence-electron chi connectivity index (χ3n) is 3.41. The van der Waals surface area contributed by atoms with Crippen molar-refractivity contribution in [2.75, 3.05) is 13.7 Å². The van der Waals surface area contributed by atoms with Crippen LogP contribution in [0.3, 0.4) is 0 Å². The Balaban J connectivity index is 2.22. The number of hydrogen-bond acceptors (Lipinski definition) is 3. The zero-order chi connectivity index (χ0) is 17.2. The van der Waals surface area contributed by atoms with Gasteiger partial charge in [-0.25, -0.2) is 0 Å². The van der Waals surface area contributed by atoms with Crippen molar-refractivity contribution in [2.45, 2.75) is 13.3 Å². The van der Waals surface area contributed by atoms with E-state index in [0.29, 0.717) is 6.61 Å². The molecule has 0 aliphatic rings. The van der Waals surface area contributed by atoms with Gasteiger partial charge in [-0.05, 0) is 35.8 Å². The van der Waals surface area contributed by atoms with E-state index < -0.39 is 0 Å². The third kappa shape index (κ3) is 5.76. The van der Waals surface area contributed by atoms with Gasteiger partial charge >= 0.3 is 5.97 Å². The zero-order valence-corrected chi connectivity index (χ0v) is 14.1. The standard InChI is InChI=1S/C21H22O3/c1-3-24-21(22)16-19(10-9-17-7-5-4-6-8-17)15-18-11-13-20(23-2)14-12-18/h4-15H,3,16H2,1-2H3/b10-9+,19-15-. The summed E-state index contributed by atoms with van der Waals surface area (Å²) in [6.45, 7) is 2.20. The summed E-state index contributed by atoms with van der Waals surface area (Å²) in [6.07, 6.45) is 6.17. The van der Waals surface area contributed by atoms with Crippen LogP contribution in [0.25, 0.3) is 12.2 Å². The minimum Gasteiger partial charge on any atom is -0.497 e. The molecule has 3 heteroatoms. The van der Waals surface area contributed by atoms with Gasteiger partial charge in [0.25, 0.3) is 0 Å². The van der Waals surface area contributed by atoms with Gasteiger partial charge in [-0.1, -0.05) is 60.7 Å². The SMILES string of the molecule is CCOC(=O)CC(/C=C/c1ccccc1)=C\c1ccc(OC)cc1. The van der Waals surface area contributed by atoms with Gasteiger partial charge in [0.2, 0.25) is 0 Å². The van der Waals surface area contributed by atoms with Crippen LogP contribution in [0.15, 0.2) is 66.2 Å². The predicted octanol–water partition coefficient (Wildman–Crippen LogP) is 4.75. The number of ether oxygens (including phenoxy) is 2. The molecule has 0 heterocycles. The average Bonchev–Trinajstić information content (AvgIpc) is 2.61. The Bertz CT molecular complexity index is 698. The second kappa shape index (κ2) is 9.36. The van der Waals surface area contributed by atoms with E-state index in [0.717, 1.165) is 22.4 Å². The molecule has 0 fully saturated rings. The fraction of sp³-hybridized carbons (Fsp3) is 0.190. The van der Waals surface area contributed by atoms with Crippen molar-refractivity contribution in [1.82, 2.24) is 0 Å². The van der Waals surface area contributed by atoms with Crippen molar-refractivity contribution in [3.05, 3.63) is 77.4 Å². The molecule has 0 bridgehead atoms. The van der Waals surface area contributed by atoms with Crippen molar-refractivity contribution >= 4 is 18.1 Å². The maximum Gasteiger partial charge on any atom is 0.310 e. The van der Waals surface area contributed by atoms with E-state index in [1.165, 1.54) is 0 Å². The molecule has 0 aromatic heterocycles. The molecule has 0 saturated heterocycles. The third-order valence-corrected chi connectivity index (χ3v) is 3.41. The van der Waals surface area contributed by atoms with Gasteiger partial charge in [-0.15, -0.1) is 0 Å². The van der Waals surface area contributed by atoms with Crippen LogP contribution in [0.1, 0.15) is 24.5 Å². The van der Waals surface area contributed by atoms with Crippen LogP contribution < -0.4 is 4.74 Å². The van der Waals surface area contributed by atoms with E-state index >= 15 is 0 Å². The lowest BCUT2D eigenvalue weighted by atomic mass is 10.1. The molecule has 0 atom stereocenters. The molecule has 2 aromatic rings. The smallest absolute Gasteiger partial charge is 0.310 e. The summed E-state index contributed by atoms with van der Waals surface area (Å²) in [5.74, 6) is 0.578. The van der Waals surface area contributed by atoms with Crippen LogP contribution in [0, 0.1) is 0 Å². The molecule has 0 radical (unpaired) electrons. The van der Waals surface area contributed by atoms with E-state index in [1.807, 2.05) is 79.7 Å². The molecule has 0 aliphatic heterocycles. The van der Waals surface area contributed by atoms with Gasteiger partial charge in [0.1, 0.15) is 5.75 Å². The van der Waals surface area contributed by atoms with Gasteiger partial charge in [0.05, 0.1) is 20.1 Å². The monoisotopic (exact) mass is 322 g/mol. The predicted molar refractivity (Wildman–Crippen MR) is 97.7 cm³/mol. The summed E-state index contributed by atoms with van der Waals surface area (Å²) in [6, 6.07) is 17.7. The van der Waals surface area contributed by atoms with Crippen molar-refractivity contribution in [1.29, 1.82) is 0 Å². The van der Waals surface area contributed by atoms with Crippen molar-refractivity contribution in [3.63, 3.8) is 0 Å². The second-order valence-corrected chi connectivity index (χ2v) is 5.22. The number of rotatable bonds is 7. The summed E-state index contributed by atoms with van der Waals surface area (Å²) in [5, 5.41) is 0. The first-order valence-corrected chi connectivity index (χ1v) is 7.94. The van der Waals surface area contributed by atoms with Crippen LogP contribution in [0.5, 0.6) is 5.75 Å². The largest absolute Gasteiger partial charge is 0.497 e. The summed E-state index contributed by atoms with van der Waals surface area (Å²) in [5.41, 5.74) is 2.98. The number of carbonyl (C=O) groups excluding carboxylic acids is 1. The Morgan fingerprint density at radius 1 is 1.00 bits per heavy atom. The summed E-state index contributed by atoms with van der Waals surface area (Å²) < 4.78 is 10.2. The number of benzene rings is 2. The maximum atomic E-state index is 11.8. The van der Waals surface area contributed by atoms with Gasteiger partial charge < -0.3 is 9.47 Å². The van der Waals surface area contributed by atoms with Gasteiger partial charge in [0, 0.05) is 0 Å². The van der Waals surface area contributed by atoms with Crippen LogP contribution >= 0.6 is 0 Å². The minimum atomic E-state index is -0.227. The maximum absolute atomic E-state index is 11.8. The normalized spacial score (nSPS) is 11.5. The molecule has 3 nitrogen and oxygen atoms in total. The van der Waals surface area contributed by atoms with Crippen molar-refractivity contribution < 1.29 is 14.3 Å². The Morgan fingerprint density at radius 2 is 1.71 bits per heavy atom. The number of methoxy groups -OCH3 is 1. The summed E-state index contributed by atoms with van der Waals surface area (Å²) in [4.78, 5) is 11.8. The lowest BCUT2D eigenvalue weighted by molar-refractivity contribution is -0.142. The molecule has 0 N–H and O–H groups in total. The highest BCUT2D eigenvalue weighted by Gasteiger charge is 2.05. The molecule has 2 rings (SSSR count). The van der Waals surface area contributed by atoms with Crippen LogP contribution in [0.4, 0.5) is 0 Å². The fourth-order valence-corrected chi connectivity index (χ4v) is 2.22. The van der Waals surface area contributed by atoms with E-state index in [4.69, 9.17) is 9.47 Å². The highest BCUT2D eigenvalue weighted by atomic mass is 16.5. The summed E-state index contributed by atoms with van der Waals surface area (Å²) in [7, 11) is 1.64.